The fraction of sp³-hybridized carbons (Fsp3) is 0. The average Bonchev–Trinajstić information content (AvgIpc) is 2.34. The summed E-state index contributed by atoms with van der Waals surface area (Å²) in [5, 5.41) is 2.46. The van der Waals surface area contributed by atoms with Gasteiger partial charge in [0.15, 0.2) is 11.6 Å². The van der Waals surface area contributed by atoms with E-state index in [1.807, 2.05) is 0 Å². The summed E-state index contributed by atoms with van der Waals surface area (Å²) in [6.45, 7) is 0. The molecule has 0 aliphatic rings. The van der Waals surface area contributed by atoms with Crippen LogP contribution in [0, 0.1) is 11.6 Å². The van der Waals surface area contributed by atoms with Gasteiger partial charge in [0.25, 0.3) is 5.91 Å². The molecule has 2 aromatic carbocycles. The van der Waals surface area contributed by atoms with Gasteiger partial charge < -0.3 is 11.1 Å². The van der Waals surface area contributed by atoms with E-state index in [4.69, 9.17) is 5.73 Å². The third kappa shape index (κ3) is 2.63. The molecule has 0 aliphatic carbocycles. The Balaban J connectivity index is 2.16. The molecule has 0 spiro atoms. The Hall–Kier alpha value is -2.43. The number of halogens is 2. The van der Waals surface area contributed by atoms with Crippen LogP contribution in [0.5, 0.6) is 0 Å². The molecule has 5 heteroatoms. The molecule has 0 fully saturated rings. The number of carbonyl (C=O) groups excluding carboxylic acids is 1. The third-order valence-electron chi connectivity index (χ3n) is 2.35. The Kier molecular flexibility index (Phi) is 3.23. The van der Waals surface area contributed by atoms with Crippen molar-refractivity contribution < 1.29 is 13.6 Å². The molecule has 1 amide bonds. The molecule has 92 valence electrons. The van der Waals surface area contributed by atoms with Crippen LogP contribution in [0.25, 0.3) is 0 Å². The average molecular weight is 248 g/mol. The van der Waals surface area contributed by atoms with Gasteiger partial charge in [0.1, 0.15) is 0 Å². The van der Waals surface area contributed by atoms with Gasteiger partial charge in [-0.3, -0.25) is 4.79 Å². The van der Waals surface area contributed by atoms with E-state index in [9.17, 15) is 13.6 Å². The second kappa shape index (κ2) is 4.83. The molecule has 18 heavy (non-hydrogen) atoms. The Labute approximate surface area is 102 Å². The van der Waals surface area contributed by atoms with Crippen molar-refractivity contribution in [1.82, 2.24) is 0 Å². The van der Waals surface area contributed by atoms with Gasteiger partial charge in [-0.05, 0) is 36.4 Å². The highest BCUT2D eigenvalue weighted by Crippen LogP contribution is 2.14. The molecule has 0 bridgehead atoms. The summed E-state index contributed by atoms with van der Waals surface area (Å²) in [6.07, 6.45) is 0. The highest BCUT2D eigenvalue weighted by atomic mass is 19.2. The van der Waals surface area contributed by atoms with Gasteiger partial charge in [0.2, 0.25) is 0 Å². The van der Waals surface area contributed by atoms with Crippen molar-refractivity contribution in [3.05, 3.63) is 59.7 Å². The van der Waals surface area contributed by atoms with E-state index in [0.29, 0.717) is 11.3 Å². The monoisotopic (exact) mass is 248 g/mol. The molecule has 0 heterocycles. The van der Waals surface area contributed by atoms with Crippen molar-refractivity contribution in [2.24, 2.45) is 0 Å². The lowest BCUT2D eigenvalue weighted by molar-refractivity contribution is 0.102. The summed E-state index contributed by atoms with van der Waals surface area (Å²) in [4.78, 5) is 11.8. The van der Waals surface area contributed by atoms with E-state index >= 15 is 0 Å². The molecule has 0 aliphatic heterocycles. The number of nitrogens with one attached hydrogen (secondary N) is 1. The fourth-order valence-corrected chi connectivity index (χ4v) is 1.41. The zero-order valence-corrected chi connectivity index (χ0v) is 9.28. The molecule has 3 N–H and O–H groups in total. The van der Waals surface area contributed by atoms with Gasteiger partial charge in [-0.25, -0.2) is 8.78 Å². The summed E-state index contributed by atoms with van der Waals surface area (Å²) < 4.78 is 25.6. The minimum absolute atomic E-state index is 0.190. The van der Waals surface area contributed by atoms with Crippen molar-refractivity contribution in [1.29, 1.82) is 0 Å². The van der Waals surface area contributed by atoms with Gasteiger partial charge in [0, 0.05) is 23.0 Å². The van der Waals surface area contributed by atoms with Crippen molar-refractivity contribution in [2.45, 2.75) is 0 Å². The maximum Gasteiger partial charge on any atom is 0.255 e. The number of benzene rings is 2. The standard InChI is InChI=1S/C13H10F2N2O/c14-11-6-5-10(7-12(11)15)17-13(18)8-1-3-9(16)4-2-8/h1-7H,16H2,(H,17,18). The minimum Gasteiger partial charge on any atom is -0.399 e. The summed E-state index contributed by atoms with van der Waals surface area (Å²) in [6, 6.07) is 9.42. The number of carbonyl (C=O) groups is 1. The van der Waals surface area contributed by atoms with Crippen LogP contribution >= 0.6 is 0 Å². The summed E-state index contributed by atoms with van der Waals surface area (Å²) in [7, 11) is 0. The first-order valence-electron chi connectivity index (χ1n) is 5.18. The second-order valence-corrected chi connectivity index (χ2v) is 3.71. The van der Waals surface area contributed by atoms with Crippen LogP contribution in [0.3, 0.4) is 0 Å². The maximum atomic E-state index is 12.9. The van der Waals surface area contributed by atoms with Crippen LogP contribution in [0.15, 0.2) is 42.5 Å². The van der Waals surface area contributed by atoms with Crippen molar-refractivity contribution in [3.8, 4) is 0 Å². The number of hydrogen-bond acceptors (Lipinski definition) is 2. The van der Waals surface area contributed by atoms with Crippen LogP contribution in [0.4, 0.5) is 20.2 Å². The molecule has 0 atom stereocenters. The number of nitrogen functional groups attached to an aromatic ring is 1. The molecule has 0 radical (unpaired) electrons. The Morgan fingerprint density at radius 3 is 2.28 bits per heavy atom. The number of anilines is 2. The minimum atomic E-state index is -1.01. The Bertz CT molecular complexity index is 582. The predicted molar refractivity (Wildman–Crippen MR) is 65.2 cm³/mol. The Morgan fingerprint density at radius 2 is 1.67 bits per heavy atom. The lowest BCUT2D eigenvalue weighted by Gasteiger charge is -2.05. The van der Waals surface area contributed by atoms with E-state index in [0.717, 1.165) is 12.1 Å². The number of amides is 1. The van der Waals surface area contributed by atoms with Crippen molar-refractivity contribution >= 4 is 17.3 Å². The topological polar surface area (TPSA) is 55.1 Å². The van der Waals surface area contributed by atoms with Crippen molar-refractivity contribution in [3.63, 3.8) is 0 Å². The highest BCUT2D eigenvalue weighted by Gasteiger charge is 2.08. The fourth-order valence-electron chi connectivity index (χ4n) is 1.41. The smallest absolute Gasteiger partial charge is 0.255 e. The van der Waals surface area contributed by atoms with Crippen LogP contribution in [0.1, 0.15) is 10.4 Å². The normalized spacial score (nSPS) is 10.1. The van der Waals surface area contributed by atoms with Crippen LogP contribution in [0.2, 0.25) is 0 Å². The van der Waals surface area contributed by atoms with E-state index < -0.39 is 17.5 Å². The van der Waals surface area contributed by atoms with E-state index in [1.165, 1.54) is 6.07 Å². The summed E-state index contributed by atoms with van der Waals surface area (Å²) in [5.41, 5.74) is 6.61. The quantitative estimate of drug-likeness (QED) is 0.803. The SMILES string of the molecule is Nc1ccc(C(=O)Nc2ccc(F)c(F)c2)cc1. The van der Waals surface area contributed by atoms with Crippen LogP contribution in [-0.4, -0.2) is 5.91 Å². The first-order chi connectivity index (χ1) is 8.56. The van der Waals surface area contributed by atoms with Gasteiger partial charge >= 0.3 is 0 Å². The van der Waals surface area contributed by atoms with E-state index in [-0.39, 0.29) is 5.69 Å². The Morgan fingerprint density at radius 1 is 1.00 bits per heavy atom. The zero-order chi connectivity index (χ0) is 13.1. The summed E-state index contributed by atoms with van der Waals surface area (Å²) in [5.74, 6) is -2.38. The second-order valence-electron chi connectivity index (χ2n) is 3.71. The first kappa shape index (κ1) is 12.0. The maximum absolute atomic E-state index is 12.9. The summed E-state index contributed by atoms with van der Waals surface area (Å²) >= 11 is 0. The molecule has 0 unspecified atom stereocenters. The number of hydrogen-bond donors (Lipinski definition) is 2. The van der Waals surface area contributed by atoms with Crippen molar-refractivity contribution in [2.75, 3.05) is 11.1 Å². The van der Waals surface area contributed by atoms with E-state index in [2.05, 4.69) is 5.32 Å². The molecule has 0 saturated carbocycles. The largest absolute Gasteiger partial charge is 0.399 e. The third-order valence-corrected chi connectivity index (χ3v) is 2.35. The van der Waals surface area contributed by atoms with Gasteiger partial charge in [-0.15, -0.1) is 0 Å². The number of nitrogens with two attached hydrogens (primary N) is 1. The molecule has 0 aromatic heterocycles. The molecular formula is C13H10F2N2O. The van der Waals surface area contributed by atoms with Crippen LogP contribution in [-0.2, 0) is 0 Å². The molecule has 2 rings (SSSR count). The molecular weight excluding hydrogens is 238 g/mol. The van der Waals surface area contributed by atoms with Gasteiger partial charge in [-0.1, -0.05) is 0 Å². The number of rotatable bonds is 2. The zero-order valence-electron chi connectivity index (χ0n) is 9.28. The first-order valence-corrected chi connectivity index (χ1v) is 5.18. The molecule has 2 aromatic rings. The van der Waals surface area contributed by atoms with E-state index in [1.54, 1.807) is 24.3 Å². The molecule has 0 saturated heterocycles. The van der Waals surface area contributed by atoms with Crippen LogP contribution < -0.4 is 11.1 Å². The van der Waals surface area contributed by atoms with Gasteiger partial charge in [0.05, 0.1) is 0 Å². The lowest BCUT2D eigenvalue weighted by atomic mass is 10.2. The van der Waals surface area contributed by atoms with Gasteiger partial charge in [-0.2, -0.15) is 0 Å². The predicted octanol–water partition coefficient (Wildman–Crippen LogP) is 2.80. The molecule has 3 nitrogen and oxygen atoms in total. The lowest BCUT2D eigenvalue weighted by Crippen LogP contribution is -2.12. The highest BCUT2D eigenvalue weighted by molar-refractivity contribution is 6.04.